The van der Waals surface area contributed by atoms with Crippen molar-refractivity contribution in [1.29, 1.82) is 0 Å². The standard InChI is InChI=1S/C20H25NO4/c1-3-24-19(23-2)18(14-16-10-6-4-7-11-16)21-20(22)25-15-17-12-8-5-9-13-17/h4-13,18-19H,3,14-15H2,1-2H3,(H,21,22). The van der Waals surface area contributed by atoms with Crippen molar-refractivity contribution >= 4 is 6.09 Å². The lowest BCUT2D eigenvalue weighted by Crippen LogP contribution is -2.47. The lowest BCUT2D eigenvalue weighted by molar-refractivity contribution is -0.137. The van der Waals surface area contributed by atoms with Crippen molar-refractivity contribution in [3.05, 3.63) is 71.8 Å². The summed E-state index contributed by atoms with van der Waals surface area (Å²) in [6.07, 6.45) is -0.458. The molecule has 0 saturated heterocycles. The number of ether oxygens (including phenoxy) is 3. The number of hydrogen-bond acceptors (Lipinski definition) is 4. The minimum absolute atomic E-state index is 0.219. The van der Waals surface area contributed by atoms with Gasteiger partial charge in [-0.15, -0.1) is 0 Å². The number of carbonyl (C=O) groups is 1. The Balaban J connectivity index is 1.97. The van der Waals surface area contributed by atoms with E-state index in [9.17, 15) is 4.79 Å². The Morgan fingerprint density at radius 2 is 1.60 bits per heavy atom. The lowest BCUT2D eigenvalue weighted by Gasteiger charge is -2.26. The van der Waals surface area contributed by atoms with Crippen molar-refractivity contribution in [2.24, 2.45) is 0 Å². The largest absolute Gasteiger partial charge is 0.445 e. The molecule has 1 N–H and O–H groups in total. The van der Waals surface area contributed by atoms with E-state index in [1.807, 2.05) is 67.6 Å². The normalized spacial score (nSPS) is 13.0. The molecule has 0 aliphatic rings. The van der Waals surface area contributed by atoms with E-state index in [0.29, 0.717) is 13.0 Å². The summed E-state index contributed by atoms with van der Waals surface area (Å²) >= 11 is 0. The summed E-state index contributed by atoms with van der Waals surface area (Å²) in [7, 11) is 1.56. The number of rotatable bonds is 9. The number of methoxy groups -OCH3 is 1. The van der Waals surface area contributed by atoms with Gasteiger partial charge in [0.05, 0.1) is 6.04 Å². The summed E-state index contributed by atoms with van der Waals surface area (Å²) in [6, 6.07) is 19.1. The molecule has 2 unspecified atom stereocenters. The molecule has 0 aromatic heterocycles. The van der Waals surface area contributed by atoms with Crippen LogP contribution in [0.1, 0.15) is 18.1 Å². The third kappa shape index (κ3) is 6.57. The van der Waals surface area contributed by atoms with Gasteiger partial charge in [0, 0.05) is 13.7 Å². The molecule has 0 saturated carbocycles. The van der Waals surface area contributed by atoms with Crippen molar-refractivity contribution in [2.45, 2.75) is 32.3 Å². The molecule has 5 nitrogen and oxygen atoms in total. The van der Waals surface area contributed by atoms with Gasteiger partial charge in [-0.05, 0) is 24.5 Å². The van der Waals surface area contributed by atoms with E-state index in [1.54, 1.807) is 7.11 Å². The second kappa shape index (κ2) is 10.5. The van der Waals surface area contributed by atoms with E-state index in [1.165, 1.54) is 0 Å². The highest BCUT2D eigenvalue weighted by atomic mass is 16.7. The van der Waals surface area contributed by atoms with Gasteiger partial charge in [0.2, 0.25) is 0 Å². The topological polar surface area (TPSA) is 56.8 Å². The summed E-state index contributed by atoms with van der Waals surface area (Å²) in [6.45, 7) is 2.60. The lowest BCUT2D eigenvalue weighted by atomic mass is 10.1. The minimum atomic E-state index is -0.547. The first-order valence-corrected chi connectivity index (χ1v) is 8.38. The molecular weight excluding hydrogens is 318 g/mol. The number of carbonyl (C=O) groups excluding carboxylic acids is 1. The molecule has 0 aliphatic carbocycles. The number of nitrogens with one attached hydrogen (secondary N) is 1. The molecule has 5 heteroatoms. The maximum atomic E-state index is 12.2. The molecule has 25 heavy (non-hydrogen) atoms. The molecule has 134 valence electrons. The second-order valence-electron chi connectivity index (χ2n) is 5.56. The van der Waals surface area contributed by atoms with E-state index in [-0.39, 0.29) is 12.6 Å². The van der Waals surface area contributed by atoms with E-state index >= 15 is 0 Å². The van der Waals surface area contributed by atoms with E-state index in [4.69, 9.17) is 14.2 Å². The van der Waals surface area contributed by atoms with Crippen LogP contribution in [0.3, 0.4) is 0 Å². The molecule has 0 heterocycles. The Morgan fingerprint density at radius 1 is 1.00 bits per heavy atom. The molecule has 0 fully saturated rings. The van der Waals surface area contributed by atoms with Gasteiger partial charge >= 0.3 is 6.09 Å². The smallest absolute Gasteiger partial charge is 0.407 e. The second-order valence-corrected chi connectivity index (χ2v) is 5.56. The monoisotopic (exact) mass is 343 g/mol. The fraction of sp³-hybridized carbons (Fsp3) is 0.350. The van der Waals surface area contributed by atoms with Crippen molar-refractivity contribution in [1.82, 2.24) is 5.32 Å². The molecule has 2 aromatic carbocycles. The predicted molar refractivity (Wildman–Crippen MR) is 96.1 cm³/mol. The van der Waals surface area contributed by atoms with Gasteiger partial charge in [-0.1, -0.05) is 60.7 Å². The predicted octanol–water partition coefficient (Wildman–Crippen LogP) is 3.53. The van der Waals surface area contributed by atoms with Crippen LogP contribution in [0.25, 0.3) is 0 Å². The number of benzene rings is 2. The van der Waals surface area contributed by atoms with Gasteiger partial charge in [-0.2, -0.15) is 0 Å². The van der Waals surface area contributed by atoms with Crippen molar-refractivity contribution in [3.63, 3.8) is 0 Å². The summed E-state index contributed by atoms with van der Waals surface area (Å²) < 4.78 is 16.3. The van der Waals surface area contributed by atoms with Crippen LogP contribution in [-0.4, -0.2) is 32.1 Å². The Labute approximate surface area is 148 Å². The van der Waals surface area contributed by atoms with E-state index in [0.717, 1.165) is 11.1 Å². The Hall–Kier alpha value is -2.37. The summed E-state index contributed by atoms with van der Waals surface area (Å²) in [5, 5.41) is 2.86. The first kappa shape index (κ1) is 19.0. The molecular formula is C20H25NO4. The van der Waals surface area contributed by atoms with E-state index < -0.39 is 12.4 Å². The van der Waals surface area contributed by atoms with Crippen LogP contribution in [0.5, 0.6) is 0 Å². The zero-order chi connectivity index (χ0) is 17.9. The summed E-state index contributed by atoms with van der Waals surface area (Å²) in [5.41, 5.74) is 2.02. The van der Waals surface area contributed by atoms with Gasteiger partial charge in [-0.3, -0.25) is 0 Å². The van der Waals surface area contributed by atoms with Crippen LogP contribution >= 0.6 is 0 Å². The highest BCUT2D eigenvalue weighted by Gasteiger charge is 2.24. The van der Waals surface area contributed by atoms with Gasteiger partial charge in [-0.25, -0.2) is 4.79 Å². The fourth-order valence-electron chi connectivity index (χ4n) is 2.51. The number of amides is 1. The van der Waals surface area contributed by atoms with Crippen LogP contribution in [0.15, 0.2) is 60.7 Å². The summed E-state index contributed by atoms with van der Waals surface area (Å²) in [4.78, 5) is 12.2. The molecule has 0 spiro atoms. The average molecular weight is 343 g/mol. The first-order chi connectivity index (χ1) is 12.2. The molecule has 0 bridgehead atoms. The number of alkyl carbamates (subject to hydrolysis) is 1. The SMILES string of the molecule is CCOC(OC)C(Cc1ccccc1)NC(=O)OCc1ccccc1. The van der Waals surface area contributed by atoms with Crippen molar-refractivity contribution in [3.8, 4) is 0 Å². The summed E-state index contributed by atoms with van der Waals surface area (Å²) in [5.74, 6) is 0. The molecule has 2 rings (SSSR count). The molecule has 2 atom stereocenters. The third-order valence-corrected chi connectivity index (χ3v) is 3.71. The number of hydrogen-bond donors (Lipinski definition) is 1. The first-order valence-electron chi connectivity index (χ1n) is 8.38. The van der Waals surface area contributed by atoms with Gasteiger partial charge < -0.3 is 19.5 Å². The Kier molecular flexibility index (Phi) is 7.95. The van der Waals surface area contributed by atoms with Crippen LogP contribution in [0, 0.1) is 0 Å². The average Bonchev–Trinajstić information content (AvgIpc) is 2.65. The zero-order valence-corrected chi connectivity index (χ0v) is 14.7. The van der Waals surface area contributed by atoms with E-state index in [2.05, 4.69) is 5.32 Å². The van der Waals surface area contributed by atoms with Gasteiger partial charge in [0.15, 0.2) is 6.29 Å². The fourth-order valence-corrected chi connectivity index (χ4v) is 2.51. The van der Waals surface area contributed by atoms with Crippen LogP contribution in [-0.2, 0) is 27.2 Å². The maximum absolute atomic E-state index is 12.2. The maximum Gasteiger partial charge on any atom is 0.407 e. The Morgan fingerprint density at radius 3 is 2.16 bits per heavy atom. The Bertz CT molecular complexity index is 618. The highest BCUT2D eigenvalue weighted by molar-refractivity contribution is 5.67. The van der Waals surface area contributed by atoms with Crippen molar-refractivity contribution < 1.29 is 19.0 Å². The molecule has 1 amide bonds. The van der Waals surface area contributed by atoms with Crippen LogP contribution in [0.4, 0.5) is 4.79 Å². The highest BCUT2D eigenvalue weighted by Crippen LogP contribution is 2.10. The van der Waals surface area contributed by atoms with Crippen LogP contribution in [0.2, 0.25) is 0 Å². The van der Waals surface area contributed by atoms with Crippen LogP contribution < -0.4 is 5.32 Å². The molecule has 0 aliphatic heterocycles. The third-order valence-electron chi connectivity index (χ3n) is 3.71. The zero-order valence-electron chi connectivity index (χ0n) is 14.7. The molecule has 0 radical (unpaired) electrons. The minimum Gasteiger partial charge on any atom is -0.445 e. The van der Waals surface area contributed by atoms with Gasteiger partial charge in [0.1, 0.15) is 6.61 Å². The molecule has 2 aromatic rings. The quantitative estimate of drug-likeness (QED) is 0.708. The van der Waals surface area contributed by atoms with Crippen molar-refractivity contribution in [2.75, 3.05) is 13.7 Å². The van der Waals surface area contributed by atoms with Gasteiger partial charge in [0.25, 0.3) is 0 Å².